The van der Waals surface area contributed by atoms with Gasteiger partial charge in [-0.25, -0.2) is 8.42 Å². The van der Waals surface area contributed by atoms with Crippen molar-refractivity contribution in [2.75, 3.05) is 6.54 Å². The SMILES string of the molecule is O=S(=O)(NC1=C(C(O)c2ccncc2)NCC(Cl)=C1)c1ccc(Cl)c(C(F)(F)F)c1. The van der Waals surface area contributed by atoms with E-state index in [1.54, 1.807) is 0 Å². The Hall–Kier alpha value is -2.27. The summed E-state index contributed by atoms with van der Waals surface area (Å²) in [4.78, 5) is 3.19. The van der Waals surface area contributed by atoms with Crippen LogP contribution >= 0.6 is 23.2 Å². The Kier molecular flexibility index (Phi) is 6.32. The Morgan fingerprint density at radius 2 is 1.83 bits per heavy atom. The standard InChI is InChI=1S/C18H14Cl2F3N3O3S/c19-11-7-15(16(25-9-11)17(27)10-3-5-24-6-4-10)26-30(28,29)12-1-2-14(20)13(8-12)18(21,22)23/h1-8,17,25-27H,9H2. The first-order chi connectivity index (χ1) is 14.0. The zero-order valence-electron chi connectivity index (χ0n) is 14.9. The van der Waals surface area contributed by atoms with Gasteiger partial charge in [0.1, 0.15) is 6.10 Å². The zero-order chi connectivity index (χ0) is 22.1. The summed E-state index contributed by atoms with van der Waals surface area (Å²) in [6.07, 6.45) is -1.93. The largest absolute Gasteiger partial charge is 0.417 e. The fourth-order valence-electron chi connectivity index (χ4n) is 2.69. The van der Waals surface area contributed by atoms with Crippen LogP contribution < -0.4 is 10.0 Å². The molecule has 3 rings (SSSR count). The molecule has 0 saturated carbocycles. The van der Waals surface area contributed by atoms with E-state index in [4.69, 9.17) is 23.2 Å². The van der Waals surface area contributed by atoms with Crippen LogP contribution in [0.25, 0.3) is 0 Å². The van der Waals surface area contributed by atoms with Crippen molar-refractivity contribution in [1.29, 1.82) is 0 Å². The van der Waals surface area contributed by atoms with Crippen molar-refractivity contribution >= 4 is 33.2 Å². The van der Waals surface area contributed by atoms with E-state index in [-0.39, 0.29) is 23.0 Å². The van der Waals surface area contributed by atoms with E-state index < -0.39 is 37.8 Å². The molecule has 0 amide bonds. The maximum atomic E-state index is 13.1. The number of sulfonamides is 1. The normalized spacial score (nSPS) is 16.0. The van der Waals surface area contributed by atoms with E-state index >= 15 is 0 Å². The van der Waals surface area contributed by atoms with Gasteiger partial charge in [0.15, 0.2) is 0 Å². The Balaban J connectivity index is 2.02. The van der Waals surface area contributed by atoms with E-state index in [1.807, 2.05) is 0 Å². The average Bonchev–Trinajstić information content (AvgIpc) is 2.67. The molecule has 0 aliphatic carbocycles. The summed E-state index contributed by atoms with van der Waals surface area (Å²) in [7, 11) is -4.46. The van der Waals surface area contributed by atoms with Gasteiger partial charge in [0.25, 0.3) is 10.0 Å². The summed E-state index contributed by atoms with van der Waals surface area (Å²) >= 11 is 11.5. The van der Waals surface area contributed by atoms with Crippen LogP contribution in [0, 0.1) is 0 Å². The molecule has 1 unspecified atom stereocenters. The van der Waals surface area contributed by atoms with Gasteiger partial charge in [-0.3, -0.25) is 9.71 Å². The molecular weight excluding hydrogens is 466 g/mol. The number of nitrogens with one attached hydrogen (secondary N) is 2. The number of aliphatic hydroxyl groups excluding tert-OH is 1. The van der Waals surface area contributed by atoms with Crippen LogP contribution in [-0.2, 0) is 16.2 Å². The Morgan fingerprint density at radius 3 is 2.47 bits per heavy atom. The van der Waals surface area contributed by atoms with Crippen molar-refractivity contribution < 1.29 is 26.7 Å². The van der Waals surface area contributed by atoms with E-state index in [0.29, 0.717) is 11.6 Å². The van der Waals surface area contributed by atoms with Gasteiger partial charge in [0.05, 0.1) is 33.4 Å². The highest BCUT2D eigenvalue weighted by atomic mass is 35.5. The second-order valence-electron chi connectivity index (χ2n) is 6.20. The summed E-state index contributed by atoms with van der Waals surface area (Å²) in [5.41, 5.74) is -0.895. The van der Waals surface area contributed by atoms with E-state index in [0.717, 1.165) is 12.1 Å². The van der Waals surface area contributed by atoms with E-state index in [2.05, 4.69) is 15.0 Å². The van der Waals surface area contributed by atoms with Gasteiger partial charge in [0.2, 0.25) is 0 Å². The van der Waals surface area contributed by atoms with Gasteiger partial charge < -0.3 is 10.4 Å². The molecule has 0 fully saturated rings. The number of alkyl halides is 3. The third-order valence-electron chi connectivity index (χ3n) is 4.13. The molecule has 1 aliphatic heterocycles. The highest BCUT2D eigenvalue weighted by Gasteiger charge is 2.35. The van der Waals surface area contributed by atoms with Crippen LogP contribution in [0.1, 0.15) is 17.2 Å². The molecule has 1 aromatic heterocycles. The number of pyridine rings is 1. The molecule has 0 bridgehead atoms. The molecule has 1 aliphatic rings. The number of hydrogen-bond acceptors (Lipinski definition) is 5. The number of hydrogen-bond donors (Lipinski definition) is 3. The minimum atomic E-state index is -4.83. The van der Waals surface area contributed by atoms with Gasteiger partial charge in [-0.1, -0.05) is 23.2 Å². The highest BCUT2D eigenvalue weighted by molar-refractivity contribution is 7.89. The second-order valence-corrected chi connectivity index (χ2v) is 8.78. The monoisotopic (exact) mass is 479 g/mol. The first-order valence-corrected chi connectivity index (χ1v) is 10.5. The number of aromatic nitrogens is 1. The maximum absolute atomic E-state index is 13.1. The van der Waals surface area contributed by atoms with Gasteiger partial charge in [-0.05, 0) is 42.0 Å². The van der Waals surface area contributed by atoms with Crippen LogP contribution in [-0.4, -0.2) is 25.1 Å². The topological polar surface area (TPSA) is 91.3 Å². The Morgan fingerprint density at radius 1 is 1.17 bits per heavy atom. The third-order valence-corrected chi connectivity index (χ3v) is 6.07. The minimum Gasteiger partial charge on any atom is -0.382 e. The lowest BCUT2D eigenvalue weighted by molar-refractivity contribution is -0.137. The minimum absolute atomic E-state index is 0.0826. The average molecular weight is 480 g/mol. The number of dihydropyridines is 1. The van der Waals surface area contributed by atoms with Crippen LogP contribution in [0.4, 0.5) is 13.2 Å². The van der Waals surface area contributed by atoms with Gasteiger partial charge >= 0.3 is 6.18 Å². The fraction of sp³-hybridized carbons (Fsp3) is 0.167. The van der Waals surface area contributed by atoms with Gasteiger partial charge in [-0.15, -0.1) is 0 Å². The molecule has 2 aromatic rings. The molecule has 1 atom stereocenters. The lowest BCUT2D eigenvalue weighted by Gasteiger charge is -2.25. The van der Waals surface area contributed by atoms with E-state index in [9.17, 15) is 26.7 Å². The summed E-state index contributed by atoms with van der Waals surface area (Å²) in [5, 5.41) is 13.1. The molecule has 1 aromatic carbocycles. The molecule has 0 spiro atoms. The smallest absolute Gasteiger partial charge is 0.382 e. The molecule has 3 N–H and O–H groups in total. The number of allylic oxidation sites excluding steroid dienone is 1. The summed E-state index contributed by atoms with van der Waals surface area (Å²) in [5.74, 6) is 0. The van der Waals surface area contributed by atoms with Crippen LogP contribution in [0.3, 0.4) is 0 Å². The van der Waals surface area contributed by atoms with Gasteiger partial charge in [0, 0.05) is 17.4 Å². The predicted molar refractivity (Wildman–Crippen MR) is 105 cm³/mol. The summed E-state index contributed by atoms with van der Waals surface area (Å²) < 4.78 is 67.0. The van der Waals surface area contributed by atoms with Crippen LogP contribution in [0.2, 0.25) is 5.02 Å². The number of nitrogens with zero attached hydrogens (tertiary/aromatic N) is 1. The Labute approximate surface area is 180 Å². The first kappa shape index (κ1) is 22.4. The predicted octanol–water partition coefficient (Wildman–Crippen LogP) is 3.70. The second kappa shape index (κ2) is 8.46. The number of aliphatic hydroxyl groups is 1. The fourth-order valence-corrected chi connectivity index (χ4v) is 4.19. The van der Waals surface area contributed by atoms with E-state index in [1.165, 1.54) is 30.6 Å². The molecular formula is C18H14Cl2F3N3O3S. The molecule has 0 saturated heterocycles. The first-order valence-electron chi connectivity index (χ1n) is 8.30. The lowest BCUT2D eigenvalue weighted by atomic mass is 10.0. The van der Waals surface area contributed by atoms with Crippen molar-refractivity contribution in [1.82, 2.24) is 15.0 Å². The summed E-state index contributed by atoms with van der Waals surface area (Å²) in [6.45, 7) is 0.128. The molecule has 30 heavy (non-hydrogen) atoms. The maximum Gasteiger partial charge on any atom is 0.417 e. The molecule has 12 heteroatoms. The highest BCUT2D eigenvalue weighted by Crippen LogP contribution is 2.36. The molecule has 6 nitrogen and oxygen atoms in total. The molecule has 2 heterocycles. The van der Waals surface area contributed by atoms with Crippen molar-refractivity contribution in [2.45, 2.75) is 17.2 Å². The van der Waals surface area contributed by atoms with Gasteiger partial charge in [-0.2, -0.15) is 13.2 Å². The quantitative estimate of drug-likeness (QED) is 0.607. The van der Waals surface area contributed by atoms with Crippen molar-refractivity contribution in [2.24, 2.45) is 0 Å². The third kappa shape index (κ3) is 4.89. The van der Waals surface area contributed by atoms with Crippen LogP contribution in [0.15, 0.2) is 70.1 Å². The lowest BCUT2D eigenvalue weighted by Crippen LogP contribution is -2.33. The number of rotatable bonds is 5. The van der Waals surface area contributed by atoms with Crippen molar-refractivity contribution in [3.05, 3.63) is 81.4 Å². The van der Waals surface area contributed by atoms with Crippen LogP contribution in [0.5, 0.6) is 0 Å². The van der Waals surface area contributed by atoms with Crippen molar-refractivity contribution in [3.63, 3.8) is 0 Å². The molecule has 0 radical (unpaired) electrons. The number of benzene rings is 1. The zero-order valence-corrected chi connectivity index (χ0v) is 17.2. The number of halogens is 5. The van der Waals surface area contributed by atoms with Crippen molar-refractivity contribution in [3.8, 4) is 0 Å². The Bertz CT molecular complexity index is 1120. The summed E-state index contributed by atoms with van der Waals surface area (Å²) in [6, 6.07) is 5.29. The molecule has 160 valence electrons.